The molecule has 35 heavy (non-hydrogen) atoms. The number of rotatable bonds is 5. The predicted octanol–water partition coefficient (Wildman–Crippen LogP) is 0.205. The van der Waals surface area contributed by atoms with Gasteiger partial charge in [0.25, 0.3) is 5.91 Å². The molecule has 3 aliphatic carbocycles. The summed E-state index contributed by atoms with van der Waals surface area (Å²) in [5.41, 5.74) is 2.28. The summed E-state index contributed by atoms with van der Waals surface area (Å²) >= 11 is 0. The molecule has 0 saturated heterocycles. The number of ketones is 2. The van der Waals surface area contributed by atoms with Crippen molar-refractivity contribution in [1.82, 2.24) is 9.88 Å². The summed E-state index contributed by atoms with van der Waals surface area (Å²) in [7, 11) is 5.15. The summed E-state index contributed by atoms with van der Waals surface area (Å²) in [6, 6.07) is -1.09. The van der Waals surface area contributed by atoms with Crippen LogP contribution >= 0.6 is 0 Å². The summed E-state index contributed by atoms with van der Waals surface area (Å²) in [6.07, 6.45) is 2.06. The number of Topliss-reactive ketones (excluding diaryl/α,β-unsaturated/α-hetero) is 2. The molecule has 1 fully saturated rings. The Morgan fingerprint density at radius 3 is 2.46 bits per heavy atom. The third-order valence-electron chi connectivity index (χ3n) is 7.37. The van der Waals surface area contributed by atoms with E-state index in [0.717, 1.165) is 6.20 Å². The Hall–Kier alpha value is -3.44. The largest absolute Gasteiger partial charge is 0.508 e. The summed E-state index contributed by atoms with van der Waals surface area (Å²) in [5, 5.41) is 44.2. The van der Waals surface area contributed by atoms with E-state index in [1.807, 2.05) is 6.92 Å². The number of aliphatic hydroxyl groups excluding tert-OH is 2. The number of nitrogens with zero attached hydrogens (tertiary/aromatic N) is 3. The van der Waals surface area contributed by atoms with Gasteiger partial charge >= 0.3 is 0 Å². The first-order chi connectivity index (χ1) is 16.4. The number of aromatic hydroxyl groups is 1. The number of anilines is 1. The van der Waals surface area contributed by atoms with Gasteiger partial charge in [0, 0.05) is 31.1 Å². The maximum absolute atomic E-state index is 13.8. The summed E-state index contributed by atoms with van der Waals surface area (Å²) < 4.78 is 0. The number of nitrogens with two attached hydrogens (primary N) is 1. The van der Waals surface area contributed by atoms with E-state index in [2.05, 4.69) is 4.98 Å². The smallest absolute Gasteiger partial charge is 0.255 e. The van der Waals surface area contributed by atoms with Crippen molar-refractivity contribution in [2.45, 2.75) is 37.8 Å². The first kappa shape index (κ1) is 24.7. The van der Waals surface area contributed by atoms with Gasteiger partial charge in [-0.15, -0.1) is 0 Å². The summed E-state index contributed by atoms with van der Waals surface area (Å²) in [5.74, 6) is -6.23. The van der Waals surface area contributed by atoms with Crippen molar-refractivity contribution in [1.29, 1.82) is 0 Å². The lowest BCUT2D eigenvalue weighted by atomic mass is 9.57. The highest BCUT2D eigenvalue weighted by Gasteiger charge is 2.64. The lowest BCUT2D eigenvalue weighted by Crippen LogP contribution is -2.66. The molecular formula is C24H30N4O7. The van der Waals surface area contributed by atoms with Crippen molar-refractivity contribution in [2.75, 3.05) is 32.6 Å². The number of carbonyl (C=O) groups excluding carboxylic acids is 3. The zero-order chi connectivity index (χ0) is 26.0. The minimum Gasteiger partial charge on any atom is -0.508 e. The van der Waals surface area contributed by atoms with Crippen molar-refractivity contribution in [3.63, 3.8) is 0 Å². The second-order valence-corrected chi connectivity index (χ2v) is 9.69. The molecule has 3 aliphatic rings. The van der Waals surface area contributed by atoms with Gasteiger partial charge in [-0.2, -0.15) is 0 Å². The highest BCUT2D eigenvalue weighted by molar-refractivity contribution is 6.24. The highest BCUT2D eigenvalue weighted by Crippen LogP contribution is 2.53. The molecule has 0 radical (unpaired) electrons. The second-order valence-electron chi connectivity index (χ2n) is 9.69. The van der Waals surface area contributed by atoms with E-state index in [9.17, 15) is 34.8 Å². The number of carbonyl (C=O) groups is 3. The number of likely N-dealkylation sites (N-methyl/N-ethyl adjacent to an activating group) is 1. The fourth-order valence-electron chi connectivity index (χ4n) is 5.91. The standard InChI is InChI=1S/C24H30N4O7/c1-5-6-28(4)17-12-8-10-7-11-15(13(29)9-26-23(11)27(2)3)18(30)14(10)20(32)24(12,35)21(33)16(19(17)31)22(25)34/h9-10,12,17,29-30,33,35H,5-8H2,1-4H3,(H2,25,34)/t10-,12-,17-,24-/m0/s1. The Bertz CT molecular complexity index is 1200. The van der Waals surface area contributed by atoms with Gasteiger partial charge in [0.1, 0.15) is 28.7 Å². The normalized spacial score (nSPS) is 28.1. The molecule has 1 heterocycles. The quantitative estimate of drug-likeness (QED) is 0.361. The van der Waals surface area contributed by atoms with Crippen molar-refractivity contribution < 1.29 is 34.8 Å². The number of amides is 1. The van der Waals surface area contributed by atoms with Gasteiger partial charge in [0.2, 0.25) is 5.78 Å². The lowest BCUT2D eigenvalue weighted by molar-refractivity contribution is -0.154. The van der Waals surface area contributed by atoms with Gasteiger partial charge in [0.05, 0.1) is 17.8 Å². The van der Waals surface area contributed by atoms with E-state index in [-0.39, 0.29) is 29.7 Å². The van der Waals surface area contributed by atoms with Gasteiger partial charge in [-0.1, -0.05) is 6.92 Å². The molecule has 0 unspecified atom stereocenters. The first-order valence-electron chi connectivity index (χ1n) is 11.4. The van der Waals surface area contributed by atoms with Crippen LogP contribution in [0.4, 0.5) is 5.82 Å². The molecule has 0 bridgehead atoms. The molecule has 0 aliphatic heterocycles. The highest BCUT2D eigenvalue weighted by atomic mass is 16.3. The van der Waals surface area contributed by atoms with Crippen LogP contribution in [-0.4, -0.2) is 87.1 Å². The number of pyridine rings is 1. The van der Waals surface area contributed by atoms with Gasteiger partial charge < -0.3 is 31.1 Å². The average Bonchev–Trinajstić information content (AvgIpc) is 2.76. The predicted molar refractivity (Wildman–Crippen MR) is 126 cm³/mol. The summed E-state index contributed by atoms with van der Waals surface area (Å²) in [4.78, 5) is 46.9. The van der Waals surface area contributed by atoms with E-state index in [0.29, 0.717) is 24.3 Å². The van der Waals surface area contributed by atoms with Crippen molar-refractivity contribution in [2.24, 2.45) is 17.6 Å². The number of primary amides is 1. The van der Waals surface area contributed by atoms with Gasteiger partial charge in [-0.3, -0.25) is 19.3 Å². The van der Waals surface area contributed by atoms with Crippen molar-refractivity contribution >= 4 is 29.1 Å². The zero-order valence-corrected chi connectivity index (χ0v) is 20.1. The lowest BCUT2D eigenvalue weighted by Gasteiger charge is -2.50. The van der Waals surface area contributed by atoms with Gasteiger partial charge in [-0.25, -0.2) is 4.98 Å². The van der Waals surface area contributed by atoms with Gasteiger partial charge in [-0.05, 0) is 38.8 Å². The van der Waals surface area contributed by atoms with Crippen LogP contribution in [0.1, 0.15) is 30.9 Å². The Labute approximate surface area is 202 Å². The molecule has 1 saturated carbocycles. The molecule has 188 valence electrons. The fourth-order valence-corrected chi connectivity index (χ4v) is 5.91. The van der Waals surface area contributed by atoms with Crippen LogP contribution < -0.4 is 10.6 Å². The fraction of sp³-hybridized carbons (Fsp3) is 0.500. The minimum absolute atomic E-state index is 0.0236. The van der Waals surface area contributed by atoms with Crippen LogP contribution in [0, 0.1) is 11.8 Å². The number of aromatic nitrogens is 1. The average molecular weight is 487 g/mol. The molecular weight excluding hydrogens is 456 g/mol. The monoisotopic (exact) mass is 486 g/mol. The molecule has 11 nitrogen and oxygen atoms in total. The van der Waals surface area contributed by atoms with Crippen LogP contribution in [0.15, 0.2) is 23.1 Å². The Morgan fingerprint density at radius 2 is 1.89 bits per heavy atom. The Balaban J connectivity index is 1.97. The first-order valence-corrected chi connectivity index (χ1v) is 11.4. The molecule has 0 aromatic carbocycles. The Morgan fingerprint density at radius 1 is 1.23 bits per heavy atom. The molecule has 1 aromatic heterocycles. The molecule has 1 amide bonds. The molecule has 0 spiro atoms. The number of hydrogen-bond donors (Lipinski definition) is 5. The minimum atomic E-state index is -2.64. The number of fused-ring (bicyclic) bond motifs is 3. The van der Waals surface area contributed by atoms with Crippen LogP contribution in [0.5, 0.6) is 5.75 Å². The van der Waals surface area contributed by atoms with E-state index in [1.165, 1.54) is 0 Å². The van der Waals surface area contributed by atoms with E-state index in [4.69, 9.17) is 5.73 Å². The molecule has 6 N–H and O–H groups in total. The SMILES string of the molecule is CCCN(C)[C@@H]1C(=O)C(C(N)=O)=C(O)[C@@]2(O)C(=O)C3=C(O)c4c(O)cnc(N(C)C)c4C[C@H]3C[C@@H]12. The van der Waals surface area contributed by atoms with E-state index >= 15 is 0 Å². The van der Waals surface area contributed by atoms with E-state index in [1.54, 1.807) is 30.9 Å². The third kappa shape index (κ3) is 3.33. The molecule has 1 aromatic rings. The molecule has 11 heteroatoms. The maximum Gasteiger partial charge on any atom is 0.255 e. The summed E-state index contributed by atoms with van der Waals surface area (Å²) in [6.45, 7) is 2.32. The number of hydrogen-bond acceptors (Lipinski definition) is 10. The van der Waals surface area contributed by atoms with Crippen LogP contribution in [0.3, 0.4) is 0 Å². The van der Waals surface area contributed by atoms with E-state index < -0.39 is 58.0 Å². The van der Waals surface area contributed by atoms with Gasteiger partial charge in [0.15, 0.2) is 11.4 Å². The topological polar surface area (TPSA) is 178 Å². The zero-order valence-electron chi connectivity index (χ0n) is 20.1. The van der Waals surface area contributed by atoms with Crippen molar-refractivity contribution in [3.8, 4) is 5.75 Å². The molecule has 4 rings (SSSR count). The Kier molecular flexibility index (Phi) is 5.89. The van der Waals surface area contributed by atoms with Crippen LogP contribution in [-0.2, 0) is 20.8 Å². The molecule has 4 atom stereocenters. The third-order valence-corrected chi connectivity index (χ3v) is 7.37. The van der Waals surface area contributed by atoms with Crippen molar-refractivity contribution in [3.05, 3.63) is 34.2 Å². The second kappa shape index (κ2) is 8.35. The van der Waals surface area contributed by atoms with Crippen LogP contribution in [0.2, 0.25) is 0 Å². The van der Waals surface area contributed by atoms with Crippen LogP contribution in [0.25, 0.3) is 5.76 Å². The maximum atomic E-state index is 13.8. The number of aliphatic hydroxyl groups is 3.